The van der Waals surface area contributed by atoms with E-state index in [1.807, 2.05) is 0 Å². The molecule has 0 radical (unpaired) electrons. The molecule has 7 nitrogen and oxygen atoms in total. The molecule has 1 aromatic rings. The third kappa shape index (κ3) is 3.62. The molecule has 1 heterocycles. The standard InChI is InChI=1S/C18H22ClN3O4/c19-14-5-4-12(22-9-8-20-17(22)26)10-13(14)15(23)21-11-18(16(24)25)6-2-1-3-7-18/h4-5,10H,1-3,6-9,11H2,(H,20,26)(H,21,23)(H,24,25). The zero-order chi connectivity index (χ0) is 18.7. The van der Waals surface area contributed by atoms with Gasteiger partial charge in [0.1, 0.15) is 0 Å². The molecule has 0 atom stereocenters. The van der Waals surface area contributed by atoms with Gasteiger partial charge in [-0.05, 0) is 31.0 Å². The lowest BCUT2D eigenvalue weighted by molar-refractivity contribution is -0.150. The molecule has 1 saturated carbocycles. The van der Waals surface area contributed by atoms with E-state index in [1.54, 1.807) is 18.2 Å². The van der Waals surface area contributed by atoms with Crippen LogP contribution in [0.3, 0.4) is 0 Å². The van der Waals surface area contributed by atoms with Gasteiger partial charge in [0.2, 0.25) is 0 Å². The first-order valence-electron chi connectivity index (χ1n) is 8.79. The number of urea groups is 1. The molecule has 2 aliphatic rings. The van der Waals surface area contributed by atoms with Crippen LogP contribution < -0.4 is 15.5 Å². The van der Waals surface area contributed by atoms with Gasteiger partial charge in [-0.25, -0.2) is 4.79 Å². The molecule has 1 saturated heterocycles. The van der Waals surface area contributed by atoms with Crippen molar-refractivity contribution >= 4 is 35.2 Å². The molecule has 3 rings (SSSR count). The number of benzene rings is 1. The number of halogens is 1. The molecule has 1 aromatic carbocycles. The van der Waals surface area contributed by atoms with E-state index < -0.39 is 17.3 Å². The highest BCUT2D eigenvalue weighted by molar-refractivity contribution is 6.34. The summed E-state index contributed by atoms with van der Waals surface area (Å²) < 4.78 is 0. The normalized spacial score (nSPS) is 19.1. The van der Waals surface area contributed by atoms with Crippen LogP contribution in [0.25, 0.3) is 0 Å². The minimum atomic E-state index is -0.910. The summed E-state index contributed by atoms with van der Waals surface area (Å²) in [6, 6.07) is 4.61. The Balaban J connectivity index is 1.75. The second-order valence-corrected chi connectivity index (χ2v) is 7.28. The maximum Gasteiger partial charge on any atom is 0.321 e. The minimum Gasteiger partial charge on any atom is -0.481 e. The van der Waals surface area contributed by atoms with Crippen LogP contribution in [0.4, 0.5) is 10.5 Å². The van der Waals surface area contributed by atoms with Crippen LogP contribution in [0, 0.1) is 5.41 Å². The van der Waals surface area contributed by atoms with E-state index in [9.17, 15) is 19.5 Å². The van der Waals surface area contributed by atoms with Crippen molar-refractivity contribution in [1.82, 2.24) is 10.6 Å². The molecule has 2 fully saturated rings. The van der Waals surface area contributed by atoms with E-state index >= 15 is 0 Å². The van der Waals surface area contributed by atoms with Crippen molar-refractivity contribution in [3.8, 4) is 0 Å². The number of anilines is 1. The molecular formula is C18H22ClN3O4. The number of carbonyl (C=O) groups is 3. The Bertz CT molecular complexity index is 731. The van der Waals surface area contributed by atoms with Crippen molar-refractivity contribution in [3.63, 3.8) is 0 Å². The number of hydrogen-bond acceptors (Lipinski definition) is 3. The zero-order valence-electron chi connectivity index (χ0n) is 14.4. The average Bonchev–Trinajstić information content (AvgIpc) is 3.07. The minimum absolute atomic E-state index is 0.0753. The van der Waals surface area contributed by atoms with Gasteiger partial charge in [0.15, 0.2) is 0 Å². The lowest BCUT2D eigenvalue weighted by Gasteiger charge is -2.33. The number of rotatable bonds is 5. The number of amides is 3. The molecule has 0 spiro atoms. The largest absolute Gasteiger partial charge is 0.481 e. The summed E-state index contributed by atoms with van der Waals surface area (Å²) in [6.45, 7) is 1.14. The molecule has 3 amide bonds. The summed E-state index contributed by atoms with van der Waals surface area (Å²) in [4.78, 5) is 37.7. The number of aliphatic carboxylic acids is 1. The summed E-state index contributed by atoms with van der Waals surface area (Å²) in [6.07, 6.45) is 3.84. The molecule has 0 aromatic heterocycles. The van der Waals surface area contributed by atoms with Crippen molar-refractivity contribution < 1.29 is 19.5 Å². The van der Waals surface area contributed by atoms with E-state index in [1.165, 1.54) is 4.90 Å². The van der Waals surface area contributed by atoms with Gasteiger partial charge in [-0.15, -0.1) is 0 Å². The molecule has 26 heavy (non-hydrogen) atoms. The van der Waals surface area contributed by atoms with E-state index in [2.05, 4.69) is 10.6 Å². The van der Waals surface area contributed by atoms with Crippen LogP contribution in [0.15, 0.2) is 18.2 Å². The Morgan fingerprint density at radius 1 is 1.27 bits per heavy atom. The predicted octanol–water partition coefficient (Wildman–Crippen LogP) is 2.63. The van der Waals surface area contributed by atoms with Crippen molar-refractivity contribution in [1.29, 1.82) is 0 Å². The molecule has 1 aliphatic heterocycles. The second kappa shape index (κ2) is 7.53. The third-order valence-corrected chi connectivity index (χ3v) is 5.54. The fourth-order valence-electron chi connectivity index (χ4n) is 3.61. The summed E-state index contributed by atoms with van der Waals surface area (Å²) in [5, 5.41) is 15.3. The lowest BCUT2D eigenvalue weighted by atomic mass is 9.74. The highest BCUT2D eigenvalue weighted by atomic mass is 35.5. The molecule has 0 unspecified atom stereocenters. The fraction of sp³-hybridized carbons (Fsp3) is 0.500. The van der Waals surface area contributed by atoms with Crippen LogP contribution in [0.5, 0.6) is 0 Å². The number of carboxylic acid groups (broad SMARTS) is 1. The van der Waals surface area contributed by atoms with Gasteiger partial charge in [0.25, 0.3) is 5.91 Å². The van der Waals surface area contributed by atoms with Crippen LogP contribution in [0.1, 0.15) is 42.5 Å². The van der Waals surface area contributed by atoms with E-state index in [4.69, 9.17) is 11.6 Å². The zero-order valence-corrected chi connectivity index (χ0v) is 15.1. The topological polar surface area (TPSA) is 98.7 Å². The van der Waals surface area contributed by atoms with Gasteiger partial charge in [-0.2, -0.15) is 0 Å². The Kier molecular flexibility index (Phi) is 5.36. The van der Waals surface area contributed by atoms with Gasteiger partial charge in [-0.1, -0.05) is 30.9 Å². The van der Waals surface area contributed by atoms with Crippen LogP contribution in [-0.4, -0.2) is 42.6 Å². The Morgan fingerprint density at radius 2 is 2.00 bits per heavy atom. The Hall–Kier alpha value is -2.28. The monoisotopic (exact) mass is 379 g/mol. The number of carbonyl (C=O) groups excluding carboxylic acids is 2. The fourth-order valence-corrected chi connectivity index (χ4v) is 3.82. The number of carboxylic acids is 1. The molecular weight excluding hydrogens is 358 g/mol. The number of hydrogen-bond donors (Lipinski definition) is 3. The van der Waals surface area contributed by atoms with E-state index in [0.717, 1.165) is 19.3 Å². The van der Waals surface area contributed by atoms with Gasteiger partial charge in [0, 0.05) is 25.3 Å². The first kappa shape index (κ1) is 18.5. The van der Waals surface area contributed by atoms with Crippen molar-refractivity contribution in [2.75, 3.05) is 24.5 Å². The highest BCUT2D eigenvalue weighted by Gasteiger charge is 2.40. The quantitative estimate of drug-likeness (QED) is 0.732. The number of nitrogens with zero attached hydrogens (tertiary/aromatic N) is 1. The molecule has 140 valence electrons. The van der Waals surface area contributed by atoms with Crippen LogP contribution in [0.2, 0.25) is 5.02 Å². The van der Waals surface area contributed by atoms with Crippen molar-refractivity contribution in [2.45, 2.75) is 32.1 Å². The summed E-state index contributed by atoms with van der Waals surface area (Å²) in [5.74, 6) is -1.30. The average molecular weight is 380 g/mol. The van der Waals surface area contributed by atoms with Gasteiger partial charge < -0.3 is 15.7 Å². The Morgan fingerprint density at radius 3 is 2.62 bits per heavy atom. The third-order valence-electron chi connectivity index (χ3n) is 5.21. The molecule has 1 aliphatic carbocycles. The van der Waals surface area contributed by atoms with Crippen molar-refractivity contribution in [3.05, 3.63) is 28.8 Å². The maximum atomic E-state index is 12.6. The summed E-state index contributed by atoms with van der Waals surface area (Å²) in [7, 11) is 0. The SMILES string of the molecule is O=C(NCC1(C(=O)O)CCCCC1)c1cc(N2CCNC2=O)ccc1Cl. The first-order valence-corrected chi connectivity index (χ1v) is 9.17. The summed E-state index contributed by atoms with van der Waals surface area (Å²) in [5.41, 5.74) is -0.0901. The van der Waals surface area contributed by atoms with Gasteiger partial charge >= 0.3 is 12.0 Å². The van der Waals surface area contributed by atoms with Crippen molar-refractivity contribution in [2.24, 2.45) is 5.41 Å². The van der Waals surface area contributed by atoms with E-state index in [0.29, 0.717) is 31.6 Å². The van der Waals surface area contributed by atoms with Gasteiger partial charge in [0.05, 0.1) is 16.0 Å². The first-order chi connectivity index (χ1) is 12.4. The molecule has 0 bridgehead atoms. The van der Waals surface area contributed by atoms with E-state index in [-0.39, 0.29) is 23.2 Å². The number of nitrogens with one attached hydrogen (secondary N) is 2. The van der Waals surface area contributed by atoms with Crippen LogP contribution >= 0.6 is 11.6 Å². The lowest BCUT2D eigenvalue weighted by Crippen LogP contribution is -2.44. The smallest absolute Gasteiger partial charge is 0.321 e. The predicted molar refractivity (Wildman–Crippen MR) is 97.7 cm³/mol. The molecule has 3 N–H and O–H groups in total. The maximum absolute atomic E-state index is 12.6. The Labute approximate surface area is 156 Å². The second-order valence-electron chi connectivity index (χ2n) is 6.88. The van der Waals surface area contributed by atoms with Crippen LogP contribution in [-0.2, 0) is 4.79 Å². The summed E-state index contributed by atoms with van der Waals surface area (Å²) >= 11 is 6.16. The van der Waals surface area contributed by atoms with Gasteiger partial charge in [-0.3, -0.25) is 14.5 Å². The highest BCUT2D eigenvalue weighted by Crippen LogP contribution is 2.36. The molecule has 8 heteroatoms.